The molecule has 1 saturated heterocycles. The SMILES string of the molecule is CC(NC(=O)NCCc1cccc(C#N)c1)C(=O)N1CCCCC1C. The molecule has 0 spiro atoms. The van der Waals surface area contributed by atoms with Crippen LogP contribution in [0.25, 0.3) is 0 Å². The van der Waals surface area contributed by atoms with Crippen LogP contribution < -0.4 is 10.6 Å². The van der Waals surface area contributed by atoms with Gasteiger partial charge < -0.3 is 15.5 Å². The zero-order valence-corrected chi connectivity index (χ0v) is 14.9. The molecule has 6 heteroatoms. The van der Waals surface area contributed by atoms with Crippen molar-refractivity contribution in [1.29, 1.82) is 5.26 Å². The normalized spacial score (nSPS) is 18.1. The molecule has 0 radical (unpaired) electrons. The summed E-state index contributed by atoms with van der Waals surface area (Å²) in [6, 6.07) is 8.76. The summed E-state index contributed by atoms with van der Waals surface area (Å²) in [5.74, 6) is -0.0240. The highest BCUT2D eigenvalue weighted by molar-refractivity contribution is 5.87. The molecule has 1 aliphatic heterocycles. The number of urea groups is 1. The molecule has 1 aromatic rings. The Labute approximate surface area is 149 Å². The van der Waals surface area contributed by atoms with Gasteiger partial charge in [-0.05, 0) is 57.2 Å². The quantitative estimate of drug-likeness (QED) is 0.860. The number of hydrogen-bond donors (Lipinski definition) is 2. The number of nitrogens with one attached hydrogen (secondary N) is 2. The van der Waals surface area contributed by atoms with E-state index < -0.39 is 6.04 Å². The highest BCUT2D eigenvalue weighted by atomic mass is 16.2. The lowest BCUT2D eigenvalue weighted by Gasteiger charge is -2.35. The van der Waals surface area contributed by atoms with Crippen molar-refractivity contribution >= 4 is 11.9 Å². The molecule has 0 aromatic heterocycles. The van der Waals surface area contributed by atoms with E-state index in [0.29, 0.717) is 18.5 Å². The average molecular weight is 342 g/mol. The minimum absolute atomic E-state index is 0.0240. The molecule has 1 heterocycles. The molecule has 3 amide bonds. The summed E-state index contributed by atoms with van der Waals surface area (Å²) < 4.78 is 0. The van der Waals surface area contributed by atoms with Crippen molar-refractivity contribution in [3.8, 4) is 6.07 Å². The third-order valence-corrected chi connectivity index (χ3v) is 4.56. The number of nitriles is 1. The number of likely N-dealkylation sites (tertiary alicyclic amines) is 1. The van der Waals surface area contributed by atoms with Gasteiger partial charge in [-0.15, -0.1) is 0 Å². The van der Waals surface area contributed by atoms with E-state index in [1.54, 1.807) is 13.0 Å². The molecule has 2 unspecified atom stereocenters. The van der Waals surface area contributed by atoms with Crippen molar-refractivity contribution in [3.63, 3.8) is 0 Å². The van der Waals surface area contributed by atoms with E-state index in [1.807, 2.05) is 23.1 Å². The predicted octanol–water partition coefficient (Wildman–Crippen LogP) is 2.19. The lowest BCUT2D eigenvalue weighted by molar-refractivity contribution is -0.136. The van der Waals surface area contributed by atoms with E-state index in [4.69, 9.17) is 5.26 Å². The molecular weight excluding hydrogens is 316 g/mol. The van der Waals surface area contributed by atoms with Gasteiger partial charge in [0, 0.05) is 19.1 Å². The zero-order valence-electron chi connectivity index (χ0n) is 14.9. The zero-order chi connectivity index (χ0) is 18.2. The average Bonchev–Trinajstić information content (AvgIpc) is 2.61. The maximum absolute atomic E-state index is 12.5. The predicted molar refractivity (Wildman–Crippen MR) is 95.9 cm³/mol. The first-order chi connectivity index (χ1) is 12.0. The van der Waals surface area contributed by atoms with Crippen LogP contribution in [0, 0.1) is 11.3 Å². The van der Waals surface area contributed by atoms with Crippen molar-refractivity contribution in [2.45, 2.75) is 51.6 Å². The third kappa shape index (κ3) is 5.49. The van der Waals surface area contributed by atoms with Crippen molar-refractivity contribution < 1.29 is 9.59 Å². The van der Waals surface area contributed by atoms with E-state index in [0.717, 1.165) is 31.4 Å². The lowest BCUT2D eigenvalue weighted by atomic mass is 10.0. The highest BCUT2D eigenvalue weighted by Gasteiger charge is 2.27. The molecular formula is C19H26N4O2. The second kappa shape index (κ2) is 9.07. The van der Waals surface area contributed by atoms with Gasteiger partial charge in [-0.25, -0.2) is 4.79 Å². The van der Waals surface area contributed by atoms with Crippen LogP contribution in [0.3, 0.4) is 0 Å². The van der Waals surface area contributed by atoms with Crippen molar-refractivity contribution in [3.05, 3.63) is 35.4 Å². The van der Waals surface area contributed by atoms with Gasteiger partial charge in [-0.2, -0.15) is 5.26 Å². The van der Waals surface area contributed by atoms with Crippen molar-refractivity contribution in [1.82, 2.24) is 15.5 Å². The van der Waals surface area contributed by atoms with Gasteiger partial charge in [0.15, 0.2) is 0 Å². The first-order valence-electron chi connectivity index (χ1n) is 8.85. The van der Waals surface area contributed by atoms with E-state index in [9.17, 15) is 9.59 Å². The van der Waals surface area contributed by atoms with Crippen LogP contribution in [0.15, 0.2) is 24.3 Å². The Morgan fingerprint density at radius 2 is 2.20 bits per heavy atom. The summed E-state index contributed by atoms with van der Waals surface area (Å²) in [5, 5.41) is 14.4. The molecule has 2 rings (SSSR count). The Hall–Kier alpha value is -2.55. The molecule has 6 nitrogen and oxygen atoms in total. The number of rotatable bonds is 5. The standard InChI is InChI=1S/C19H26N4O2/c1-14-6-3-4-11-23(14)18(24)15(2)22-19(25)21-10-9-16-7-5-8-17(12-16)13-20/h5,7-8,12,14-15H,3-4,6,9-11H2,1-2H3,(H2,21,22,25). The molecule has 25 heavy (non-hydrogen) atoms. The van der Waals surface area contributed by atoms with Gasteiger partial charge in [-0.1, -0.05) is 12.1 Å². The molecule has 2 N–H and O–H groups in total. The van der Waals surface area contributed by atoms with Crippen LogP contribution in [-0.4, -0.2) is 42.0 Å². The summed E-state index contributed by atoms with van der Waals surface area (Å²) >= 11 is 0. The summed E-state index contributed by atoms with van der Waals surface area (Å²) in [6.07, 6.45) is 3.83. The molecule has 134 valence electrons. The van der Waals surface area contributed by atoms with Gasteiger partial charge >= 0.3 is 6.03 Å². The summed E-state index contributed by atoms with van der Waals surface area (Å²) in [4.78, 5) is 26.3. The van der Waals surface area contributed by atoms with Gasteiger partial charge in [0.2, 0.25) is 5.91 Å². The number of nitrogens with zero attached hydrogens (tertiary/aromatic N) is 2. The molecule has 1 aromatic carbocycles. The molecule has 0 bridgehead atoms. The minimum Gasteiger partial charge on any atom is -0.338 e. The molecule has 1 aliphatic rings. The van der Waals surface area contributed by atoms with Crippen LogP contribution in [0.5, 0.6) is 0 Å². The Morgan fingerprint density at radius 3 is 2.92 bits per heavy atom. The number of piperidine rings is 1. The third-order valence-electron chi connectivity index (χ3n) is 4.56. The summed E-state index contributed by atoms with van der Waals surface area (Å²) in [6.45, 7) is 4.99. The second-order valence-electron chi connectivity index (χ2n) is 6.56. The smallest absolute Gasteiger partial charge is 0.315 e. The fourth-order valence-electron chi connectivity index (χ4n) is 3.10. The molecule has 0 aliphatic carbocycles. The Bertz CT molecular complexity index is 653. The minimum atomic E-state index is -0.539. The van der Waals surface area contributed by atoms with E-state index in [-0.39, 0.29) is 18.0 Å². The Kier molecular flexibility index (Phi) is 6.81. The maximum Gasteiger partial charge on any atom is 0.315 e. The number of carbonyl (C=O) groups excluding carboxylic acids is 2. The molecule has 0 saturated carbocycles. The topological polar surface area (TPSA) is 85.2 Å². The number of benzene rings is 1. The first-order valence-corrected chi connectivity index (χ1v) is 8.85. The van der Waals surface area contributed by atoms with Crippen LogP contribution in [0.1, 0.15) is 44.2 Å². The molecule has 1 fully saturated rings. The first kappa shape index (κ1) is 18.8. The number of amides is 3. The van der Waals surface area contributed by atoms with Crippen LogP contribution >= 0.6 is 0 Å². The van der Waals surface area contributed by atoms with Gasteiger partial charge in [0.1, 0.15) is 6.04 Å². The summed E-state index contributed by atoms with van der Waals surface area (Å²) in [5.41, 5.74) is 1.60. The number of carbonyl (C=O) groups is 2. The van der Waals surface area contributed by atoms with Gasteiger partial charge in [-0.3, -0.25) is 4.79 Å². The fraction of sp³-hybridized carbons (Fsp3) is 0.526. The summed E-state index contributed by atoms with van der Waals surface area (Å²) in [7, 11) is 0. The van der Waals surface area contributed by atoms with Crippen LogP contribution in [0.4, 0.5) is 4.79 Å². The van der Waals surface area contributed by atoms with Gasteiger partial charge in [0.05, 0.1) is 11.6 Å². The second-order valence-corrected chi connectivity index (χ2v) is 6.56. The van der Waals surface area contributed by atoms with Crippen molar-refractivity contribution in [2.75, 3.05) is 13.1 Å². The number of hydrogen-bond acceptors (Lipinski definition) is 3. The van der Waals surface area contributed by atoms with Crippen molar-refractivity contribution in [2.24, 2.45) is 0 Å². The highest BCUT2D eigenvalue weighted by Crippen LogP contribution is 2.17. The molecule has 2 atom stereocenters. The van der Waals surface area contributed by atoms with E-state index in [1.165, 1.54) is 0 Å². The lowest BCUT2D eigenvalue weighted by Crippen LogP contribution is -2.53. The van der Waals surface area contributed by atoms with Crippen LogP contribution in [0.2, 0.25) is 0 Å². The van der Waals surface area contributed by atoms with Gasteiger partial charge in [0.25, 0.3) is 0 Å². The Morgan fingerprint density at radius 1 is 1.40 bits per heavy atom. The van der Waals surface area contributed by atoms with E-state index in [2.05, 4.69) is 23.6 Å². The van der Waals surface area contributed by atoms with Crippen LogP contribution in [-0.2, 0) is 11.2 Å². The van der Waals surface area contributed by atoms with E-state index >= 15 is 0 Å². The Balaban J connectivity index is 1.75. The largest absolute Gasteiger partial charge is 0.338 e. The monoisotopic (exact) mass is 342 g/mol. The fourth-order valence-corrected chi connectivity index (χ4v) is 3.10. The maximum atomic E-state index is 12.5.